The first-order chi connectivity index (χ1) is 10.2. The van der Waals surface area contributed by atoms with Gasteiger partial charge in [-0.1, -0.05) is 6.07 Å². The average Bonchev–Trinajstić information content (AvgIpc) is 2.89. The zero-order valence-electron chi connectivity index (χ0n) is 11.2. The molecule has 3 aromatic heterocycles. The molecule has 0 saturated carbocycles. The van der Waals surface area contributed by atoms with Crippen molar-refractivity contribution in [2.75, 3.05) is 0 Å². The van der Waals surface area contributed by atoms with Crippen molar-refractivity contribution >= 4 is 16.7 Å². The number of fused-ring (bicyclic) bond motifs is 3. The number of aryl methyl sites for hydroxylation is 1. The number of hydrogen-bond acceptors (Lipinski definition) is 4. The fourth-order valence-corrected chi connectivity index (χ4v) is 2.39. The lowest BCUT2D eigenvalue weighted by Gasteiger charge is -2.05. The summed E-state index contributed by atoms with van der Waals surface area (Å²) in [6.45, 7) is 1.89. The second kappa shape index (κ2) is 4.31. The number of aromatic nitrogens is 5. The van der Waals surface area contributed by atoms with Gasteiger partial charge < -0.3 is 0 Å². The summed E-state index contributed by atoms with van der Waals surface area (Å²) in [4.78, 5) is 7.83. The number of pyridine rings is 1. The highest BCUT2D eigenvalue weighted by Crippen LogP contribution is 2.24. The van der Waals surface area contributed by atoms with Gasteiger partial charge in [-0.3, -0.25) is 4.40 Å². The SMILES string of the molecule is Cc1ncn2c1nnc1ccc(-c3ccnc(F)c3)cc12. The normalized spacial score (nSPS) is 11.3. The van der Waals surface area contributed by atoms with Crippen LogP contribution in [0.5, 0.6) is 0 Å². The lowest BCUT2D eigenvalue weighted by molar-refractivity contribution is 0.584. The Hall–Kier alpha value is -2.89. The Balaban J connectivity index is 2.02. The molecule has 0 bridgehead atoms. The third kappa shape index (κ3) is 1.84. The van der Waals surface area contributed by atoms with Gasteiger partial charge in [0.15, 0.2) is 5.65 Å². The van der Waals surface area contributed by atoms with E-state index in [0.717, 1.165) is 33.5 Å². The lowest BCUT2D eigenvalue weighted by atomic mass is 10.1. The van der Waals surface area contributed by atoms with Crippen LogP contribution in [0.4, 0.5) is 4.39 Å². The van der Waals surface area contributed by atoms with E-state index < -0.39 is 5.95 Å². The predicted octanol–water partition coefficient (Wildman–Crippen LogP) is 2.79. The van der Waals surface area contributed by atoms with Crippen molar-refractivity contribution < 1.29 is 4.39 Å². The largest absolute Gasteiger partial charge is 0.280 e. The van der Waals surface area contributed by atoms with Crippen molar-refractivity contribution in [3.05, 3.63) is 54.5 Å². The van der Waals surface area contributed by atoms with Crippen molar-refractivity contribution in [1.29, 1.82) is 0 Å². The van der Waals surface area contributed by atoms with E-state index in [-0.39, 0.29) is 0 Å². The summed E-state index contributed by atoms with van der Waals surface area (Å²) in [5, 5.41) is 8.36. The van der Waals surface area contributed by atoms with Gasteiger partial charge >= 0.3 is 0 Å². The first-order valence-electron chi connectivity index (χ1n) is 6.44. The quantitative estimate of drug-likeness (QED) is 0.503. The summed E-state index contributed by atoms with van der Waals surface area (Å²) >= 11 is 0. The summed E-state index contributed by atoms with van der Waals surface area (Å²) in [5.74, 6) is -0.496. The van der Waals surface area contributed by atoms with Crippen LogP contribution >= 0.6 is 0 Å². The number of halogens is 1. The molecule has 0 amide bonds. The summed E-state index contributed by atoms with van der Waals surface area (Å²) in [6.07, 6.45) is 3.18. The minimum absolute atomic E-state index is 0.496. The van der Waals surface area contributed by atoms with Gasteiger partial charge in [0, 0.05) is 12.3 Å². The molecule has 5 nitrogen and oxygen atoms in total. The summed E-state index contributed by atoms with van der Waals surface area (Å²) < 4.78 is 15.2. The Morgan fingerprint density at radius 1 is 1.00 bits per heavy atom. The Morgan fingerprint density at radius 3 is 2.71 bits per heavy atom. The zero-order valence-corrected chi connectivity index (χ0v) is 11.2. The van der Waals surface area contributed by atoms with Crippen molar-refractivity contribution in [3.63, 3.8) is 0 Å². The van der Waals surface area contributed by atoms with Crippen LogP contribution in [0, 0.1) is 12.9 Å². The van der Waals surface area contributed by atoms with Gasteiger partial charge in [0.2, 0.25) is 5.95 Å². The second-order valence-corrected chi connectivity index (χ2v) is 4.79. The van der Waals surface area contributed by atoms with Crippen LogP contribution in [0.15, 0.2) is 42.9 Å². The van der Waals surface area contributed by atoms with Crippen LogP contribution in [-0.4, -0.2) is 24.6 Å². The molecule has 1 aromatic carbocycles. The van der Waals surface area contributed by atoms with Crippen molar-refractivity contribution in [1.82, 2.24) is 24.6 Å². The Morgan fingerprint density at radius 2 is 1.86 bits per heavy atom. The average molecular weight is 279 g/mol. The Labute approximate surface area is 119 Å². The molecule has 0 N–H and O–H groups in total. The maximum absolute atomic E-state index is 13.3. The number of rotatable bonds is 1. The van der Waals surface area contributed by atoms with Gasteiger partial charge in [-0.25, -0.2) is 9.97 Å². The van der Waals surface area contributed by atoms with E-state index >= 15 is 0 Å². The Bertz CT molecular complexity index is 976. The zero-order chi connectivity index (χ0) is 14.4. The molecule has 0 saturated heterocycles. The number of nitrogens with zero attached hydrogens (tertiary/aromatic N) is 5. The fourth-order valence-electron chi connectivity index (χ4n) is 2.39. The minimum Gasteiger partial charge on any atom is -0.280 e. The van der Waals surface area contributed by atoms with Crippen LogP contribution in [0.2, 0.25) is 0 Å². The van der Waals surface area contributed by atoms with Crippen LogP contribution in [0.1, 0.15) is 5.69 Å². The molecule has 0 radical (unpaired) electrons. The molecule has 0 atom stereocenters. The third-order valence-corrected chi connectivity index (χ3v) is 3.47. The van der Waals surface area contributed by atoms with Gasteiger partial charge in [0.1, 0.15) is 11.8 Å². The summed E-state index contributed by atoms with van der Waals surface area (Å²) in [7, 11) is 0. The van der Waals surface area contributed by atoms with Gasteiger partial charge in [-0.05, 0) is 36.2 Å². The highest BCUT2D eigenvalue weighted by atomic mass is 19.1. The standard InChI is InChI=1S/C15H10FN5/c1-9-15-20-19-12-3-2-10(6-13(12)21(15)8-18-9)11-4-5-17-14(16)7-11/h2-8H,1H3. The number of imidazole rings is 1. The van der Waals surface area contributed by atoms with E-state index in [2.05, 4.69) is 20.2 Å². The third-order valence-electron chi connectivity index (χ3n) is 3.47. The number of hydrogen-bond donors (Lipinski definition) is 0. The van der Waals surface area contributed by atoms with Crippen molar-refractivity contribution in [2.45, 2.75) is 6.92 Å². The molecule has 0 aliphatic rings. The predicted molar refractivity (Wildman–Crippen MR) is 76.2 cm³/mol. The van der Waals surface area contributed by atoms with E-state index in [9.17, 15) is 4.39 Å². The molecule has 0 aliphatic heterocycles. The van der Waals surface area contributed by atoms with Crippen LogP contribution in [0.25, 0.3) is 27.8 Å². The molecule has 0 unspecified atom stereocenters. The molecule has 0 aliphatic carbocycles. The van der Waals surface area contributed by atoms with E-state index in [0.29, 0.717) is 0 Å². The van der Waals surface area contributed by atoms with Crippen molar-refractivity contribution in [3.8, 4) is 11.1 Å². The molecule has 4 rings (SSSR count). The van der Waals surface area contributed by atoms with Gasteiger partial charge in [-0.15, -0.1) is 10.2 Å². The molecule has 0 spiro atoms. The molecule has 0 fully saturated rings. The maximum Gasteiger partial charge on any atom is 0.213 e. The molecule has 6 heteroatoms. The highest BCUT2D eigenvalue weighted by Gasteiger charge is 2.08. The molecular formula is C15H10FN5. The molecule has 4 aromatic rings. The summed E-state index contributed by atoms with van der Waals surface area (Å²) in [5.41, 5.74) is 4.86. The van der Waals surface area contributed by atoms with E-state index in [1.54, 1.807) is 12.4 Å². The van der Waals surface area contributed by atoms with E-state index in [1.165, 1.54) is 12.3 Å². The smallest absolute Gasteiger partial charge is 0.213 e. The van der Waals surface area contributed by atoms with Crippen LogP contribution < -0.4 is 0 Å². The summed E-state index contributed by atoms with van der Waals surface area (Å²) in [6, 6.07) is 8.89. The van der Waals surface area contributed by atoms with E-state index in [1.807, 2.05) is 29.5 Å². The van der Waals surface area contributed by atoms with Gasteiger partial charge in [-0.2, -0.15) is 4.39 Å². The van der Waals surface area contributed by atoms with Gasteiger partial charge in [0.05, 0.1) is 11.2 Å². The highest BCUT2D eigenvalue weighted by molar-refractivity contribution is 5.83. The Kier molecular flexibility index (Phi) is 2.44. The minimum atomic E-state index is -0.496. The maximum atomic E-state index is 13.3. The van der Waals surface area contributed by atoms with Gasteiger partial charge in [0.25, 0.3) is 0 Å². The lowest BCUT2D eigenvalue weighted by Crippen LogP contribution is -1.95. The van der Waals surface area contributed by atoms with Crippen LogP contribution in [0.3, 0.4) is 0 Å². The fraction of sp³-hybridized carbons (Fsp3) is 0.0667. The van der Waals surface area contributed by atoms with Crippen molar-refractivity contribution in [2.24, 2.45) is 0 Å². The first kappa shape index (κ1) is 11.9. The molecule has 102 valence electrons. The molecule has 21 heavy (non-hydrogen) atoms. The number of benzene rings is 1. The molecule has 3 heterocycles. The monoisotopic (exact) mass is 279 g/mol. The van der Waals surface area contributed by atoms with E-state index in [4.69, 9.17) is 0 Å². The second-order valence-electron chi connectivity index (χ2n) is 4.79. The topological polar surface area (TPSA) is 56.0 Å². The first-order valence-corrected chi connectivity index (χ1v) is 6.44. The van der Waals surface area contributed by atoms with Crippen LogP contribution in [-0.2, 0) is 0 Å². The molecular weight excluding hydrogens is 269 g/mol.